The van der Waals surface area contributed by atoms with Gasteiger partial charge in [-0.3, -0.25) is 0 Å². The van der Waals surface area contributed by atoms with Gasteiger partial charge in [0.05, 0.1) is 5.69 Å². The summed E-state index contributed by atoms with van der Waals surface area (Å²) >= 11 is 0. The fourth-order valence-electron chi connectivity index (χ4n) is 8.38. The molecule has 1 N–H and O–H groups in total. The van der Waals surface area contributed by atoms with Gasteiger partial charge in [0.2, 0.25) is 0 Å². The van der Waals surface area contributed by atoms with Gasteiger partial charge in [-0.15, -0.1) is 0 Å². The number of anilines is 3. The monoisotopic (exact) mass is 593 g/mol. The predicted molar refractivity (Wildman–Crippen MR) is 193 cm³/mol. The second-order valence-corrected chi connectivity index (χ2v) is 13.9. The molecule has 0 unspecified atom stereocenters. The molecule has 0 saturated heterocycles. The van der Waals surface area contributed by atoms with Gasteiger partial charge < -0.3 is 10.0 Å². The molecular weight excluding hydrogens is 558 g/mol. The summed E-state index contributed by atoms with van der Waals surface area (Å²) in [4.78, 5) is 2.40. The van der Waals surface area contributed by atoms with Gasteiger partial charge in [0.25, 0.3) is 0 Å². The predicted octanol–water partition coefficient (Wildman–Crippen LogP) is 11.8. The molecule has 0 amide bonds. The molecule has 0 saturated carbocycles. The topological polar surface area (TPSA) is 23.5 Å². The first kappa shape index (κ1) is 27.0. The lowest BCUT2D eigenvalue weighted by Gasteiger charge is -2.30. The molecule has 7 aromatic rings. The summed E-state index contributed by atoms with van der Waals surface area (Å²) in [7, 11) is 0. The minimum atomic E-state index is -0.123. The Bertz CT molecular complexity index is 2290. The van der Waals surface area contributed by atoms with E-state index in [9.17, 15) is 5.11 Å². The van der Waals surface area contributed by atoms with Gasteiger partial charge in [0.15, 0.2) is 0 Å². The van der Waals surface area contributed by atoms with E-state index >= 15 is 0 Å². The maximum atomic E-state index is 11.3. The Hall–Kier alpha value is -5.34. The standard InChI is InChI=1S/C44H35NO/c1-43(2)36-15-9-7-13-31(36)33-21-18-28(25-38(33)43)45(29-19-22-34-32-14-8-10-16-37(32)44(3,4)39(34)26-29)40-23-24-41(46)42-30-12-6-5-11-27(30)17-20-35(40)42/h5-26,46H,1-4H3. The fraction of sp³-hybridized carbons (Fsp3) is 0.136. The third-order valence-electron chi connectivity index (χ3n) is 10.8. The number of phenolic OH excluding ortho intramolecular Hbond substituents is 1. The van der Waals surface area contributed by atoms with Crippen LogP contribution in [0.2, 0.25) is 0 Å². The van der Waals surface area contributed by atoms with E-state index in [0.29, 0.717) is 5.75 Å². The third-order valence-corrected chi connectivity index (χ3v) is 10.8. The molecule has 2 heteroatoms. The molecular formula is C44H35NO. The largest absolute Gasteiger partial charge is 0.507 e. The Balaban J connectivity index is 1.32. The van der Waals surface area contributed by atoms with Crippen molar-refractivity contribution in [1.29, 1.82) is 0 Å². The number of hydrogen-bond acceptors (Lipinski definition) is 2. The molecule has 46 heavy (non-hydrogen) atoms. The third kappa shape index (κ3) is 3.59. The van der Waals surface area contributed by atoms with E-state index in [1.54, 1.807) is 0 Å². The zero-order chi connectivity index (χ0) is 31.4. The highest BCUT2D eigenvalue weighted by Crippen LogP contribution is 2.54. The normalized spacial score (nSPS) is 15.0. The van der Waals surface area contributed by atoms with Crippen LogP contribution in [0.3, 0.4) is 0 Å². The highest BCUT2D eigenvalue weighted by molar-refractivity contribution is 6.15. The number of rotatable bonds is 3. The molecule has 2 aliphatic rings. The maximum Gasteiger partial charge on any atom is 0.124 e. The average Bonchev–Trinajstić information content (AvgIpc) is 3.45. The molecule has 0 spiro atoms. The van der Waals surface area contributed by atoms with E-state index in [1.165, 1.54) is 44.5 Å². The highest BCUT2D eigenvalue weighted by atomic mass is 16.3. The van der Waals surface area contributed by atoms with Gasteiger partial charge in [-0.1, -0.05) is 125 Å². The first-order chi connectivity index (χ1) is 22.2. The van der Waals surface area contributed by atoms with Crippen LogP contribution in [-0.2, 0) is 10.8 Å². The van der Waals surface area contributed by atoms with E-state index in [0.717, 1.165) is 38.6 Å². The molecule has 0 atom stereocenters. The van der Waals surface area contributed by atoms with Crippen molar-refractivity contribution in [2.24, 2.45) is 0 Å². The molecule has 0 aliphatic heterocycles. The molecule has 0 aromatic heterocycles. The number of phenols is 1. The Kier molecular flexibility index (Phi) is 5.48. The number of fused-ring (bicyclic) bond motifs is 9. The summed E-state index contributed by atoms with van der Waals surface area (Å²) in [6.07, 6.45) is 0. The molecule has 2 aliphatic carbocycles. The highest BCUT2D eigenvalue weighted by Gasteiger charge is 2.37. The van der Waals surface area contributed by atoms with E-state index in [1.807, 2.05) is 12.1 Å². The van der Waals surface area contributed by atoms with Gasteiger partial charge >= 0.3 is 0 Å². The zero-order valence-electron chi connectivity index (χ0n) is 26.6. The van der Waals surface area contributed by atoms with E-state index in [4.69, 9.17) is 0 Å². The summed E-state index contributed by atoms with van der Waals surface area (Å²) in [6.45, 7) is 9.35. The lowest BCUT2D eigenvalue weighted by molar-refractivity contribution is 0.482. The van der Waals surface area contributed by atoms with Crippen molar-refractivity contribution in [2.45, 2.75) is 38.5 Å². The maximum absolute atomic E-state index is 11.3. The molecule has 9 rings (SSSR count). The van der Waals surface area contributed by atoms with Gasteiger partial charge in [0, 0.05) is 33.0 Å². The first-order valence-corrected chi connectivity index (χ1v) is 16.2. The summed E-state index contributed by atoms with van der Waals surface area (Å²) in [5.41, 5.74) is 13.6. The van der Waals surface area contributed by atoms with E-state index < -0.39 is 0 Å². The van der Waals surface area contributed by atoms with Crippen LogP contribution in [0.15, 0.2) is 133 Å². The Morgan fingerprint density at radius 1 is 0.457 bits per heavy atom. The molecule has 0 radical (unpaired) electrons. The number of aromatic hydroxyl groups is 1. The van der Waals surface area contributed by atoms with Crippen molar-refractivity contribution < 1.29 is 5.11 Å². The first-order valence-electron chi connectivity index (χ1n) is 16.2. The fourth-order valence-corrected chi connectivity index (χ4v) is 8.38. The van der Waals surface area contributed by atoms with Crippen LogP contribution in [0.25, 0.3) is 43.8 Å². The van der Waals surface area contributed by atoms with Crippen LogP contribution in [-0.4, -0.2) is 5.11 Å². The van der Waals surface area contributed by atoms with E-state index in [2.05, 4.69) is 154 Å². The smallest absolute Gasteiger partial charge is 0.124 e. The lowest BCUT2D eigenvalue weighted by Crippen LogP contribution is -2.18. The second kappa shape index (κ2) is 9.34. The van der Waals surface area contributed by atoms with Crippen molar-refractivity contribution in [3.05, 3.63) is 156 Å². The van der Waals surface area contributed by atoms with Crippen LogP contribution < -0.4 is 4.90 Å². The van der Waals surface area contributed by atoms with Crippen LogP contribution in [0.5, 0.6) is 5.75 Å². The van der Waals surface area contributed by atoms with Gasteiger partial charge in [-0.05, 0) is 91.7 Å². The van der Waals surface area contributed by atoms with Crippen molar-refractivity contribution >= 4 is 38.6 Å². The van der Waals surface area contributed by atoms with Crippen molar-refractivity contribution in [3.8, 4) is 28.0 Å². The summed E-state index contributed by atoms with van der Waals surface area (Å²) < 4.78 is 0. The minimum Gasteiger partial charge on any atom is -0.507 e. The summed E-state index contributed by atoms with van der Waals surface area (Å²) in [5, 5.41) is 15.4. The van der Waals surface area contributed by atoms with Gasteiger partial charge in [-0.2, -0.15) is 0 Å². The number of hydrogen-bond donors (Lipinski definition) is 1. The van der Waals surface area contributed by atoms with Gasteiger partial charge in [-0.25, -0.2) is 0 Å². The lowest BCUT2D eigenvalue weighted by atomic mass is 9.82. The Labute approximate surface area is 270 Å². The zero-order valence-corrected chi connectivity index (χ0v) is 26.6. The quantitative estimate of drug-likeness (QED) is 0.206. The SMILES string of the molecule is CC1(C)c2ccccc2-c2ccc(N(c3ccc4c(c3)C(C)(C)c3ccccc3-4)c3ccc(O)c4c3ccc3ccccc34)cc21. The Morgan fingerprint density at radius 2 is 0.978 bits per heavy atom. The Morgan fingerprint density at radius 3 is 1.59 bits per heavy atom. The summed E-state index contributed by atoms with van der Waals surface area (Å²) in [5.74, 6) is 0.298. The molecule has 7 aromatic carbocycles. The number of benzene rings is 7. The van der Waals surface area contributed by atoms with Crippen LogP contribution in [0.1, 0.15) is 49.9 Å². The van der Waals surface area contributed by atoms with Crippen LogP contribution in [0.4, 0.5) is 17.1 Å². The van der Waals surface area contributed by atoms with Crippen molar-refractivity contribution in [3.63, 3.8) is 0 Å². The van der Waals surface area contributed by atoms with Crippen molar-refractivity contribution in [2.75, 3.05) is 4.90 Å². The molecule has 0 bridgehead atoms. The summed E-state index contributed by atoms with van der Waals surface area (Å²) in [6, 6.07) is 48.1. The average molecular weight is 594 g/mol. The van der Waals surface area contributed by atoms with Crippen LogP contribution >= 0.6 is 0 Å². The second-order valence-electron chi connectivity index (χ2n) is 13.9. The molecule has 2 nitrogen and oxygen atoms in total. The van der Waals surface area contributed by atoms with E-state index in [-0.39, 0.29) is 10.8 Å². The molecule has 0 fully saturated rings. The minimum absolute atomic E-state index is 0.123. The number of nitrogens with zero attached hydrogens (tertiary/aromatic N) is 1. The molecule has 0 heterocycles. The van der Waals surface area contributed by atoms with Crippen molar-refractivity contribution in [1.82, 2.24) is 0 Å². The van der Waals surface area contributed by atoms with Gasteiger partial charge in [0.1, 0.15) is 5.75 Å². The van der Waals surface area contributed by atoms with Crippen LogP contribution in [0, 0.1) is 0 Å². The molecule has 222 valence electrons.